The van der Waals surface area contributed by atoms with Crippen molar-refractivity contribution in [3.8, 4) is 0 Å². The highest BCUT2D eigenvalue weighted by Crippen LogP contribution is 2.00. The van der Waals surface area contributed by atoms with E-state index in [1.54, 1.807) is 0 Å². The fourth-order valence-corrected chi connectivity index (χ4v) is 1.80. The van der Waals surface area contributed by atoms with Gasteiger partial charge in [-0.1, -0.05) is 6.42 Å². The molecular weight excluding hydrogens is 334 g/mol. The predicted octanol–water partition coefficient (Wildman–Crippen LogP) is -2.82. The molecule has 0 spiro atoms. The Morgan fingerprint density at radius 2 is 1.60 bits per heavy atom. The third-order valence-electron chi connectivity index (χ3n) is 3.02. The van der Waals surface area contributed by atoms with Crippen LogP contribution in [0.4, 0.5) is 0 Å². The predicted molar refractivity (Wildman–Crippen MR) is 86.9 cm³/mol. The van der Waals surface area contributed by atoms with Crippen LogP contribution in [0.25, 0.3) is 0 Å². The van der Waals surface area contributed by atoms with Gasteiger partial charge in [-0.3, -0.25) is 24.0 Å². The number of rotatable bonds is 13. The minimum atomic E-state index is -1.30. The molecule has 0 aromatic rings. The zero-order valence-corrected chi connectivity index (χ0v) is 13.9. The van der Waals surface area contributed by atoms with Crippen molar-refractivity contribution in [1.82, 2.24) is 16.0 Å². The van der Waals surface area contributed by atoms with Crippen molar-refractivity contribution in [2.45, 2.75) is 38.1 Å². The van der Waals surface area contributed by atoms with Crippen molar-refractivity contribution in [1.29, 1.82) is 0 Å². The summed E-state index contributed by atoms with van der Waals surface area (Å²) in [6, 6.07) is -1.30. The first-order valence-electron chi connectivity index (χ1n) is 7.80. The number of hydrogen-bond donors (Lipinski definition) is 6. The maximum atomic E-state index is 12.0. The Bertz CT molecular complexity index is 496. The van der Waals surface area contributed by atoms with Gasteiger partial charge in [0.1, 0.15) is 6.04 Å². The number of aliphatic carboxylic acids is 1. The monoisotopic (exact) mass is 359 g/mol. The van der Waals surface area contributed by atoms with Crippen molar-refractivity contribution in [2.75, 3.05) is 19.6 Å². The molecule has 0 bridgehead atoms. The van der Waals surface area contributed by atoms with E-state index in [4.69, 9.17) is 16.6 Å². The Morgan fingerprint density at radius 3 is 2.16 bits per heavy atom. The second-order valence-electron chi connectivity index (χ2n) is 5.28. The maximum absolute atomic E-state index is 12.0. The van der Waals surface area contributed by atoms with Crippen molar-refractivity contribution in [3.05, 3.63) is 0 Å². The van der Waals surface area contributed by atoms with E-state index in [1.807, 2.05) is 0 Å². The number of carbonyl (C=O) groups excluding carboxylic acids is 4. The van der Waals surface area contributed by atoms with Crippen molar-refractivity contribution >= 4 is 29.6 Å². The van der Waals surface area contributed by atoms with E-state index < -0.39 is 48.6 Å². The normalized spacial score (nSPS) is 11.2. The Balaban J connectivity index is 4.41. The molecule has 4 amide bonds. The van der Waals surface area contributed by atoms with Crippen LogP contribution < -0.4 is 27.4 Å². The van der Waals surface area contributed by atoms with Gasteiger partial charge in [0.2, 0.25) is 23.6 Å². The highest BCUT2D eigenvalue weighted by atomic mass is 16.4. The lowest BCUT2D eigenvalue weighted by Crippen LogP contribution is -2.50. The molecule has 142 valence electrons. The zero-order valence-electron chi connectivity index (χ0n) is 13.9. The summed E-state index contributed by atoms with van der Waals surface area (Å²) >= 11 is 0. The van der Waals surface area contributed by atoms with Crippen LogP contribution in [0.1, 0.15) is 32.1 Å². The fraction of sp³-hybridized carbons (Fsp3) is 0.643. The molecule has 0 aliphatic heterocycles. The first-order valence-corrected chi connectivity index (χ1v) is 7.80. The van der Waals surface area contributed by atoms with Gasteiger partial charge in [-0.2, -0.15) is 0 Å². The highest BCUT2D eigenvalue weighted by molar-refractivity contribution is 5.93. The lowest BCUT2D eigenvalue weighted by atomic mass is 10.1. The number of amides is 4. The Kier molecular flexibility index (Phi) is 11.3. The van der Waals surface area contributed by atoms with Crippen LogP contribution in [0.3, 0.4) is 0 Å². The summed E-state index contributed by atoms with van der Waals surface area (Å²) in [6.45, 7) is -0.342. The molecule has 11 nitrogen and oxygen atoms in total. The molecule has 0 aliphatic rings. The SMILES string of the molecule is NCCCCCC(=O)N[C@@H](CC(=O)O)C(=O)NCC(=O)NCC(N)=O. The van der Waals surface area contributed by atoms with E-state index in [0.29, 0.717) is 13.0 Å². The summed E-state index contributed by atoms with van der Waals surface area (Å²) in [4.78, 5) is 56.5. The number of hydrogen-bond acceptors (Lipinski definition) is 6. The summed E-state index contributed by atoms with van der Waals surface area (Å²) in [5.74, 6) is -3.97. The standard InChI is InChI=1S/C14H25N5O6/c15-5-3-1-2-4-11(21)19-9(6-13(23)24)14(25)18-8-12(22)17-7-10(16)20/h9H,1-8,15H2,(H2,16,20)(H,17,22)(H,18,25)(H,19,21)(H,23,24)/t9-/m0/s1. The largest absolute Gasteiger partial charge is 0.481 e. The molecule has 0 aromatic carbocycles. The van der Waals surface area contributed by atoms with Crippen LogP contribution in [-0.2, 0) is 24.0 Å². The van der Waals surface area contributed by atoms with Gasteiger partial charge in [-0.25, -0.2) is 0 Å². The van der Waals surface area contributed by atoms with Gasteiger partial charge in [-0.15, -0.1) is 0 Å². The van der Waals surface area contributed by atoms with E-state index in [9.17, 15) is 24.0 Å². The lowest BCUT2D eigenvalue weighted by Gasteiger charge is -2.16. The maximum Gasteiger partial charge on any atom is 0.305 e. The van der Waals surface area contributed by atoms with Crippen LogP contribution in [0.2, 0.25) is 0 Å². The van der Waals surface area contributed by atoms with Gasteiger partial charge >= 0.3 is 5.97 Å². The summed E-state index contributed by atoms with van der Waals surface area (Å²) in [5.41, 5.74) is 10.2. The third kappa shape index (κ3) is 12.4. The molecular formula is C14H25N5O6. The Hall–Kier alpha value is -2.69. The van der Waals surface area contributed by atoms with E-state index >= 15 is 0 Å². The summed E-state index contributed by atoms with van der Waals surface area (Å²) < 4.78 is 0. The van der Waals surface area contributed by atoms with Crippen molar-refractivity contribution in [2.24, 2.45) is 11.5 Å². The van der Waals surface area contributed by atoms with Crippen LogP contribution >= 0.6 is 0 Å². The number of nitrogens with one attached hydrogen (secondary N) is 3. The van der Waals surface area contributed by atoms with Gasteiger partial charge in [0.15, 0.2) is 0 Å². The van der Waals surface area contributed by atoms with Gasteiger partial charge in [0.25, 0.3) is 0 Å². The number of carboxylic acids is 1. The summed E-state index contributed by atoms with van der Waals surface area (Å²) in [5, 5.41) is 15.5. The second-order valence-corrected chi connectivity index (χ2v) is 5.28. The van der Waals surface area contributed by atoms with Crippen LogP contribution in [0.15, 0.2) is 0 Å². The van der Waals surface area contributed by atoms with Gasteiger partial charge in [0.05, 0.1) is 19.5 Å². The van der Waals surface area contributed by atoms with Crippen LogP contribution in [0, 0.1) is 0 Å². The van der Waals surface area contributed by atoms with Gasteiger partial charge in [0, 0.05) is 6.42 Å². The zero-order chi connectivity index (χ0) is 19.2. The minimum Gasteiger partial charge on any atom is -0.481 e. The van der Waals surface area contributed by atoms with Crippen LogP contribution in [-0.4, -0.2) is 60.4 Å². The number of unbranched alkanes of at least 4 members (excludes halogenated alkanes) is 2. The average molecular weight is 359 g/mol. The van der Waals surface area contributed by atoms with E-state index in [1.165, 1.54) is 0 Å². The quantitative estimate of drug-likeness (QED) is 0.191. The molecule has 0 unspecified atom stereocenters. The fourth-order valence-electron chi connectivity index (χ4n) is 1.80. The summed E-state index contributed by atoms with van der Waals surface area (Å²) in [6.07, 6.45) is 1.61. The molecule has 0 aliphatic carbocycles. The molecule has 0 saturated carbocycles. The first kappa shape index (κ1) is 22.3. The topological polar surface area (TPSA) is 194 Å². The molecule has 0 aromatic heterocycles. The Morgan fingerprint density at radius 1 is 0.920 bits per heavy atom. The van der Waals surface area contributed by atoms with Crippen molar-refractivity contribution < 1.29 is 29.1 Å². The molecule has 25 heavy (non-hydrogen) atoms. The number of primary amides is 1. The minimum absolute atomic E-state index is 0.141. The number of nitrogens with two attached hydrogens (primary N) is 2. The van der Waals surface area contributed by atoms with Crippen LogP contribution in [0.5, 0.6) is 0 Å². The molecule has 0 rings (SSSR count). The Labute approximate surface area is 144 Å². The van der Waals surface area contributed by atoms with E-state index in [2.05, 4.69) is 16.0 Å². The van der Waals surface area contributed by atoms with Gasteiger partial charge in [-0.05, 0) is 19.4 Å². The molecule has 0 saturated heterocycles. The lowest BCUT2D eigenvalue weighted by molar-refractivity contribution is -0.140. The smallest absolute Gasteiger partial charge is 0.305 e. The summed E-state index contributed by atoms with van der Waals surface area (Å²) in [7, 11) is 0. The number of carbonyl (C=O) groups is 5. The first-order chi connectivity index (χ1) is 11.8. The van der Waals surface area contributed by atoms with E-state index in [-0.39, 0.29) is 13.0 Å². The molecule has 0 fully saturated rings. The molecule has 1 atom stereocenters. The van der Waals surface area contributed by atoms with Gasteiger partial charge < -0.3 is 32.5 Å². The highest BCUT2D eigenvalue weighted by Gasteiger charge is 2.23. The molecule has 11 heteroatoms. The molecule has 0 heterocycles. The molecule has 8 N–H and O–H groups in total. The second kappa shape index (κ2) is 12.7. The third-order valence-corrected chi connectivity index (χ3v) is 3.02. The molecule has 0 radical (unpaired) electrons. The van der Waals surface area contributed by atoms with Crippen molar-refractivity contribution in [3.63, 3.8) is 0 Å². The van der Waals surface area contributed by atoms with E-state index in [0.717, 1.165) is 12.8 Å². The average Bonchev–Trinajstić information content (AvgIpc) is 2.53. The number of carboxylic acid groups (broad SMARTS) is 1.